The molecule has 0 unspecified atom stereocenters. The summed E-state index contributed by atoms with van der Waals surface area (Å²) < 4.78 is 5.13. The first-order chi connectivity index (χ1) is 8.31. The van der Waals surface area contributed by atoms with E-state index >= 15 is 0 Å². The van der Waals surface area contributed by atoms with E-state index in [1.54, 1.807) is 11.8 Å². The fourth-order valence-corrected chi connectivity index (χ4v) is 2.81. The van der Waals surface area contributed by atoms with Crippen LogP contribution in [-0.2, 0) is 4.74 Å². The smallest absolute Gasteiger partial charge is 0.231 e. The van der Waals surface area contributed by atoms with Gasteiger partial charge in [0.25, 0.3) is 0 Å². The molecule has 0 aliphatic carbocycles. The van der Waals surface area contributed by atoms with Crippen LogP contribution in [0.4, 0.5) is 11.9 Å². The molecule has 7 heteroatoms. The van der Waals surface area contributed by atoms with Gasteiger partial charge in [0.05, 0.1) is 18.5 Å². The lowest BCUT2D eigenvalue weighted by molar-refractivity contribution is 0.0454. The number of nitrogen functional groups attached to an aromatic ring is 1. The molecule has 3 rings (SSSR count). The van der Waals surface area contributed by atoms with Gasteiger partial charge in [-0.2, -0.15) is 15.0 Å². The number of aromatic nitrogens is 3. The normalized spacial score (nSPS) is 20.6. The molecule has 1 aromatic heterocycles. The SMILES string of the molecule is Nc1nc(SC2COC2)nc(N2CCCC2)n1. The van der Waals surface area contributed by atoms with Crippen LogP contribution >= 0.6 is 11.8 Å². The van der Waals surface area contributed by atoms with Crippen LogP contribution in [0.3, 0.4) is 0 Å². The zero-order chi connectivity index (χ0) is 11.7. The van der Waals surface area contributed by atoms with E-state index in [9.17, 15) is 0 Å². The van der Waals surface area contributed by atoms with Gasteiger partial charge in [-0.05, 0) is 12.8 Å². The van der Waals surface area contributed by atoms with Gasteiger partial charge in [0, 0.05) is 13.1 Å². The Bertz CT molecular complexity index is 406. The molecule has 0 atom stereocenters. The summed E-state index contributed by atoms with van der Waals surface area (Å²) in [5.74, 6) is 1.03. The van der Waals surface area contributed by atoms with Crippen molar-refractivity contribution in [3.05, 3.63) is 0 Å². The molecule has 92 valence electrons. The molecule has 0 amide bonds. The fourth-order valence-electron chi connectivity index (χ4n) is 1.90. The maximum atomic E-state index is 5.73. The first kappa shape index (κ1) is 11.0. The maximum absolute atomic E-state index is 5.73. The van der Waals surface area contributed by atoms with Crippen molar-refractivity contribution in [2.75, 3.05) is 36.9 Å². The fraction of sp³-hybridized carbons (Fsp3) is 0.700. The second-order valence-electron chi connectivity index (χ2n) is 4.25. The molecule has 0 saturated carbocycles. The highest BCUT2D eigenvalue weighted by molar-refractivity contribution is 7.99. The number of hydrogen-bond acceptors (Lipinski definition) is 7. The first-order valence-corrected chi connectivity index (χ1v) is 6.70. The summed E-state index contributed by atoms with van der Waals surface area (Å²) in [4.78, 5) is 15.0. The van der Waals surface area contributed by atoms with E-state index in [-0.39, 0.29) is 0 Å². The Morgan fingerprint density at radius 2 is 1.94 bits per heavy atom. The Morgan fingerprint density at radius 3 is 2.59 bits per heavy atom. The van der Waals surface area contributed by atoms with Crippen LogP contribution in [0.25, 0.3) is 0 Å². The molecule has 2 saturated heterocycles. The Kier molecular flexibility index (Phi) is 3.02. The number of nitrogens with two attached hydrogens (primary N) is 1. The third-order valence-electron chi connectivity index (χ3n) is 2.89. The van der Waals surface area contributed by atoms with Gasteiger partial charge in [0.15, 0.2) is 5.16 Å². The van der Waals surface area contributed by atoms with Crippen LogP contribution in [0.15, 0.2) is 5.16 Å². The molecule has 2 aliphatic heterocycles. The molecule has 3 heterocycles. The predicted octanol–water partition coefficient (Wildman–Crippen LogP) is 0.545. The predicted molar refractivity (Wildman–Crippen MR) is 66.2 cm³/mol. The average Bonchev–Trinajstić information content (AvgIpc) is 2.76. The van der Waals surface area contributed by atoms with E-state index in [1.165, 1.54) is 12.8 Å². The standard InChI is InChI=1S/C10H15N5OS/c11-8-12-9(15-3-1-2-4-15)14-10(13-8)17-7-5-16-6-7/h7H,1-6H2,(H2,11,12,13,14). The highest BCUT2D eigenvalue weighted by Crippen LogP contribution is 2.27. The molecule has 2 N–H and O–H groups in total. The number of anilines is 2. The largest absolute Gasteiger partial charge is 0.379 e. The molecule has 2 aliphatic rings. The topological polar surface area (TPSA) is 77.2 Å². The number of ether oxygens (including phenoxy) is 1. The molecule has 2 fully saturated rings. The molecule has 17 heavy (non-hydrogen) atoms. The van der Waals surface area contributed by atoms with Crippen LogP contribution in [0.5, 0.6) is 0 Å². The van der Waals surface area contributed by atoms with Gasteiger partial charge in [-0.15, -0.1) is 0 Å². The minimum absolute atomic E-state index is 0.310. The van der Waals surface area contributed by atoms with Crippen molar-refractivity contribution in [1.29, 1.82) is 0 Å². The van der Waals surface area contributed by atoms with Gasteiger partial charge in [0.2, 0.25) is 11.9 Å². The number of thioether (sulfide) groups is 1. The van der Waals surface area contributed by atoms with Gasteiger partial charge >= 0.3 is 0 Å². The van der Waals surface area contributed by atoms with Gasteiger partial charge in [-0.3, -0.25) is 0 Å². The summed E-state index contributed by atoms with van der Waals surface area (Å²) in [5, 5.41) is 1.18. The highest BCUT2D eigenvalue weighted by atomic mass is 32.2. The minimum Gasteiger partial charge on any atom is -0.379 e. The average molecular weight is 253 g/mol. The number of rotatable bonds is 3. The summed E-state index contributed by atoms with van der Waals surface area (Å²) in [5.41, 5.74) is 5.73. The van der Waals surface area contributed by atoms with Crippen molar-refractivity contribution in [1.82, 2.24) is 15.0 Å². The number of nitrogens with zero attached hydrogens (tertiary/aromatic N) is 4. The third kappa shape index (κ3) is 2.44. The van der Waals surface area contributed by atoms with Gasteiger partial charge in [-0.1, -0.05) is 11.8 Å². The second kappa shape index (κ2) is 4.66. The summed E-state index contributed by atoms with van der Waals surface area (Å²) in [6.45, 7) is 3.57. The summed E-state index contributed by atoms with van der Waals surface area (Å²) in [6, 6.07) is 0. The van der Waals surface area contributed by atoms with Crippen LogP contribution in [0.1, 0.15) is 12.8 Å². The van der Waals surface area contributed by atoms with Crippen molar-refractivity contribution in [3.8, 4) is 0 Å². The van der Waals surface area contributed by atoms with E-state index in [0.717, 1.165) is 32.3 Å². The van der Waals surface area contributed by atoms with Crippen LogP contribution < -0.4 is 10.6 Å². The molecule has 0 aromatic carbocycles. The third-order valence-corrected chi connectivity index (χ3v) is 3.89. The Balaban J connectivity index is 1.78. The first-order valence-electron chi connectivity index (χ1n) is 5.82. The summed E-state index contributed by atoms with van der Waals surface area (Å²) in [7, 11) is 0. The molecular formula is C10H15N5OS. The quantitative estimate of drug-likeness (QED) is 0.842. The van der Waals surface area contributed by atoms with Crippen molar-refractivity contribution in [2.24, 2.45) is 0 Å². The summed E-state index contributed by atoms with van der Waals surface area (Å²) >= 11 is 1.62. The van der Waals surface area contributed by atoms with E-state index in [0.29, 0.717) is 16.4 Å². The van der Waals surface area contributed by atoms with Crippen LogP contribution in [0.2, 0.25) is 0 Å². The molecule has 1 aromatic rings. The van der Waals surface area contributed by atoms with Crippen molar-refractivity contribution < 1.29 is 4.74 Å². The molecule has 0 spiro atoms. The molecule has 0 radical (unpaired) electrons. The molecule has 6 nitrogen and oxygen atoms in total. The van der Waals surface area contributed by atoms with E-state index in [1.807, 2.05) is 0 Å². The highest BCUT2D eigenvalue weighted by Gasteiger charge is 2.23. The van der Waals surface area contributed by atoms with E-state index in [4.69, 9.17) is 10.5 Å². The van der Waals surface area contributed by atoms with E-state index in [2.05, 4.69) is 19.9 Å². The lowest BCUT2D eigenvalue weighted by Gasteiger charge is -2.24. The zero-order valence-electron chi connectivity index (χ0n) is 9.50. The zero-order valence-corrected chi connectivity index (χ0v) is 10.3. The van der Waals surface area contributed by atoms with Crippen LogP contribution in [0, 0.1) is 0 Å². The van der Waals surface area contributed by atoms with Gasteiger partial charge < -0.3 is 15.4 Å². The Morgan fingerprint density at radius 1 is 1.18 bits per heavy atom. The monoisotopic (exact) mass is 253 g/mol. The Hall–Kier alpha value is -1.08. The van der Waals surface area contributed by atoms with Crippen molar-refractivity contribution >= 4 is 23.7 Å². The Labute approximate surface area is 104 Å². The lowest BCUT2D eigenvalue weighted by atomic mass is 10.4. The molecule has 0 bridgehead atoms. The maximum Gasteiger partial charge on any atom is 0.231 e. The summed E-state index contributed by atoms with van der Waals surface area (Å²) in [6.07, 6.45) is 2.40. The minimum atomic E-state index is 0.310. The van der Waals surface area contributed by atoms with Gasteiger partial charge in [-0.25, -0.2) is 0 Å². The number of hydrogen-bond donors (Lipinski definition) is 1. The second-order valence-corrected chi connectivity index (χ2v) is 5.52. The lowest BCUT2D eigenvalue weighted by Crippen LogP contribution is -2.30. The van der Waals surface area contributed by atoms with E-state index < -0.39 is 0 Å². The van der Waals surface area contributed by atoms with Crippen molar-refractivity contribution in [2.45, 2.75) is 23.2 Å². The van der Waals surface area contributed by atoms with Crippen molar-refractivity contribution in [3.63, 3.8) is 0 Å². The molecular weight excluding hydrogens is 238 g/mol. The van der Waals surface area contributed by atoms with Crippen LogP contribution in [-0.4, -0.2) is 46.5 Å². The van der Waals surface area contributed by atoms with Gasteiger partial charge in [0.1, 0.15) is 0 Å².